The highest BCUT2D eigenvalue weighted by Crippen LogP contribution is 2.19. The number of nitrogens with zero attached hydrogens (tertiary/aromatic N) is 1. The van der Waals surface area contributed by atoms with Crippen LogP contribution < -0.4 is 10.9 Å². The van der Waals surface area contributed by atoms with E-state index in [0.717, 1.165) is 6.07 Å². The van der Waals surface area contributed by atoms with E-state index >= 15 is 0 Å². The molecule has 94 valence electrons. The van der Waals surface area contributed by atoms with E-state index in [-0.39, 0.29) is 11.1 Å². The molecule has 6 nitrogen and oxygen atoms in total. The number of benzene rings is 1. The van der Waals surface area contributed by atoms with E-state index in [1.807, 2.05) is 0 Å². The molecule has 0 aliphatic rings. The molecule has 0 saturated heterocycles. The first kappa shape index (κ1) is 12.0. The Labute approximate surface area is 100 Å². The number of carbonyl (C=O) groups is 1. The third-order valence-corrected chi connectivity index (χ3v) is 2.34. The molecular formula is C11H10FN3O3. The number of rotatable bonds is 3. The van der Waals surface area contributed by atoms with Crippen LogP contribution in [0.2, 0.25) is 0 Å². The molecule has 1 aromatic carbocycles. The average molecular weight is 251 g/mol. The standard InChI is InChI=1S/C11H10FN3O3/c1-5-14-8-3-9(13-4-10(16)17)7(12)2-6(8)11(18)15-5/h2-3,13H,4H2,1H3,(H,16,17)(H,14,15,18). The van der Waals surface area contributed by atoms with Crippen LogP contribution in [0.5, 0.6) is 0 Å². The lowest BCUT2D eigenvalue weighted by Gasteiger charge is -2.06. The molecule has 18 heavy (non-hydrogen) atoms. The molecule has 7 heteroatoms. The number of carboxylic acid groups (broad SMARTS) is 1. The number of hydrogen-bond donors (Lipinski definition) is 3. The smallest absolute Gasteiger partial charge is 0.322 e. The number of aryl methyl sites for hydroxylation is 1. The van der Waals surface area contributed by atoms with Gasteiger partial charge >= 0.3 is 5.97 Å². The fourth-order valence-corrected chi connectivity index (χ4v) is 1.58. The van der Waals surface area contributed by atoms with Crippen molar-refractivity contribution in [1.29, 1.82) is 0 Å². The van der Waals surface area contributed by atoms with Gasteiger partial charge in [-0.3, -0.25) is 9.59 Å². The zero-order chi connectivity index (χ0) is 13.3. The van der Waals surface area contributed by atoms with Crippen LogP contribution in [-0.4, -0.2) is 27.6 Å². The van der Waals surface area contributed by atoms with E-state index in [1.165, 1.54) is 6.07 Å². The summed E-state index contributed by atoms with van der Waals surface area (Å²) in [6.45, 7) is 1.19. The second kappa shape index (κ2) is 4.44. The van der Waals surface area contributed by atoms with E-state index < -0.39 is 23.9 Å². The van der Waals surface area contributed by atoms with Crippen LogP contribution in [0.4, 0.5) is 10.1 Å². The number of carboxylic acids is 1. The van der Waals surface area contributed by atoms with Gasteiger partial charge in [0.2, 0.25) is 0 Å². The van der Waals surface area contributed by atoms with Crippen molar-refractivity contribution in [3.63, 3.8) is 0 Å². The van der Waals surface area contributed by atoms with Crippen molar-refractivity contribution in [2.24, 2.45) is 0 Å². The Bertz CT molecular complexity index is 681. The molecule has 0 spiro atoms. The maximum Gasteiger partial charge on any atom is 0.322 e. The van der Waals surface area contributed by atoms with Crippen molar-refractivity contribution in [2.75, 3.05) is 11.9 Å². The van der Waals surface area contributed by atoms with Crippen molar-refractivity contribution in [1.82, 2.24) is 9.97 Å². The minimum absolute atomic E-state index is 0.00222. The number of nitrogens with one attached hydrogen (secondary N) is 2. The van der Waals surface area contributed by atoms with Gasteiger partial charge in [0.25, 0.3) is 5.56 Å². The van der Waals surface area contributed by atoms with Crippen LogP contribution in [0.1, 0.15) is 5.82 Å². The number of aliphatic carboxylic acids is 1. The van der Waals surface area contributed by atoms with Crippen molar-refractivity contribution in [3.8, 4) is 0 Å². The van der Waals surface area contributed by atoms with Gasteiger partial charge in [-0.05, 0) is 19.1 Å². The molecule has 3 N–H and O–H groups in total. The van der Waals surface area contributed by atoms with E-state index in [1.54, 1.807) is 6.92 Å². The lowest BCUT2D eigenvalue weighted by molar-refractivity contribution is -0.134. The van der Waals surface area contributed by atoms with Gasteiger partial charge in [-0.25, -0.2) is 9.37 Å². The summed E-state index contributed by atoms with van der Waals surface area (Å²) in [7, 11) is 0. The summed E-state index contributed by atoms with van der Waals surface area (Å²) in [6, 6.07) is 2.35. The molecule has 1 heterocycles. The van der Waals surface area contributed by atoms with Gasteiger partial charge in [-0.1, -0.05) is 0 Å². The highest BCUT2D eigenvalue weighted by molar-refractivity contribution is 5.82. The van der Waals surface area contributed by atoms with Crippen molar-refractivity contribution < 1.29 is 14.3 Å². The summed E-state index contributed by atoms with van der Waals surface area (Å²) in [5.41, 5.74) is -0.117. The molecule has 0 bridgehead atoms. The average Bonchev–Trinajstić information content (AvgIpc) is 2.27. The number of fused-ring (bicyclic) bond motifs is 1. The summed E-state index contributed by atoms with van der Waals surface area (Å²) in [5.74, 6) is -1.40. The zero-order valence-corrected chi connectivity index (χ0v) is 9.45. The molecule has 0 saturated carbocycles. The number of aromatic amines is 1. The number of H-pyrrole nitrogens is 1. The van der Waals surface area contributed by atoms with Crippen LogP contribution in [0.15, 0.2) is 16.9 Å². The van der Waals surface area contributed by atoms with Gasteiger partial charge in [-0.15, -0.1) is 0 Å². The lowest BCUT2D eigenvalue weighted by Crippen LogP contribution is -2.14. The van der Waals surface area contributed by atoms with Gasteiger partial charge in [0, 0.05) is 0 Å². The van der Waals surface area contributed by atoms with Crippen molar-refractivity contribution >= 4 is 22.6 Å². The van der Waals surface area contributed by atoms with Crippen LogP contribution in [0.3, 0.4) is 0 Å². The SMILES string of the molecule is Cc1nc2cc(NCC(=O)O)c(F)cc2c(=O)[nH]1. The summed E-state index contributed by atoms with van der Waals surface area (Å²) in [5, 5.41) is 11.1. The molecular weight excluding hydrogens is 241 g/mol. The molecule has 0 fully saturated rings. The van der Waals surface area contributed by atoms with Gasteiger partial charge in [-0.2, -0.15) is 0 Å². The minimum atomic E-state index is -1.11. The summed E-state index contributed by atoms with van der Waals surface area (Å²) < 4.78 is 13.6. The van der Waals surface area contributed by atoms with Gasteiger partial charge < -0.3 is 15.4 Å². The minimum Gasteiger partial charge on any atom is -0.480 e. The predicted molar refractivity (Wildman–Crippen MR) is 63.2 cm³/mol. The molecule has 0 radical (unpaired) electrons. The summed E-state index contributed by atoms with van der Waals surface area (Å²) >= 11 is 0. The molecule has 0 aliphatic heterocycles. The Morgan fingerprint density at radius 3 is 2.94 bits per heavy atom. The summed E-state index contributed by atoms with van der Waals surface area (Å²) in [6.07, 6.45) is 0. The maximum absolute atomic E-state index is 13.6. The Balaban J connectivity index is 2.54. The Kier molecular flexibility index (Phi) is 2.97. The lowest BCUT2D eigenvalue weighted by atomic mass is 10.2. The van der Waals surface area contributed by atoms with Crippen molar-refractivity contribution in [2.45, 2.75) is 6.92 Å². The van der Waals surface area contributed by atoms with E-state index in [0.29, 0.717) is 11.3 Å². The second-order valence-electron chi connectivity index (χ2n) is 3.75. The number of halogens is 1. The van der Waals surface area contributed by atoms with Crippen LogP contribution >= 0.6 is 0 Å². The largest absolute Gasteiger partial charge is 0.480 e. The third kappa shape index (κ3) is 2.29. The fraction of sp³-hybridized carbons (Fsp3) is 0.182. The second-order valence-corrected chi connectivity index (χ2v) is 3.75. The van der Waals surface area contributed by atoms with E-state index in [9.17, 15) is 14.0 Å². The zero-order valence-electron chi connectivity index (χ0n) is 9.45. The fourth-order valence-electron chi connectivity index (χ4n) is 1.58. The molecule has 2 rings (SSSR count). The Morgan fingerprint density at radius 1 is 1.56 bits per heavy atom. The molecule has 0 unspecified atom stereocenters. The summed E-state index contributed by atoms with van der Waals surface area (Å²) in [4.78, 5) is 28.5. The van der Waals surface area contributed by atoms with E-state index in [2.05, 4.69) is 15.3 Å². The molecule has 1 aromatic heterocycles. The first-order valence-electron chi connectivity index (χ1n) is 5.13. The molecule has 2 aromatic rings. The third-order valence-electron chi connectivity index (χ3n) is 2.34. The van der Waals surface area contributed by atoms with Crippen LogP contribution in [0, 0.1) is 12.7 Å². The predicted octanol–water partition coefficient (Wildman–Crippen LogP) is 0.867. The highest BCUT2D eigenvalue weighted by atomic mass is 19.1. The first-order chi connectivity index (χ1) is 8.47. The Hall–Kier alpha value is -2.44. The molecule has 0 aliphatic carbocycles. The van der Waals surface area contributed by atoms with Crippen molar-refractivity contribution in [3.05, 3.63) is 34.1 Å². The molecule has 0 amide bonds. The number of hydrogen-bond acceptors (Lipinski definition) is 4. The van der Waals surface area contributed by atoms with Gasteiger partial charge in [0.05, 0.1) is 16.6 Å². The van der Waals surface area contributed by atoms with Gasteiger partial charge in [0.1, 0.15) is 18.2 Å². The molecule has 0 atom stereocenters. The number of aromatic nitrogens is 2. The first-order valence-corrected chi connectivity index (χ1v) is 5.13. The number of anilines is 1. The van der Waals surface area contributed by atoms with Gasteiger partial charge in [0.15, 0.2) is 0 Å². The highest BCUT2D eigenvalue weighted by Gasteiger charge is 2.09. The maximum atomic E-state index is 13.6. The van der Waals surface area contributed by atoms with E-state index in [4.69, 9.17) is 5.11 Å². The normalized spacial score (nSPS) is 10.6. The van der Waals surface area contributed by atoms with Crippen LogP contribution in [-0.2, 0) is 4.79 Å². The Morgan fingerprint density at radius 2 is 2.28 bits per heavy atom. The topological polar surface area (TPSA) is 95.1 Å². The van der Waals surface area contributed by atoms with Crippen LogP contribution in [0.25, 0.3) is 10.9 Å². The quantitative estimate of drug-likeness (QED) is 0.752. The monoisotopic (exact) mass is 251 g/mol.